The van der Waals surface area contributed by atoms with Crippen LogP contribution in [0.3, 0.4) is 0 Å². The lowest BCUT2D eigenvalue weighted by molar-refractivity contribution is 0.594. The van der Waals surface area contributed by atoms with E-state index in [1.165, 1.54) is 36.8 Å². The zero-order valence-electron chi connectivity index (χ0n) is 14.0. The van der Waals surface area contributed by atoms with E-state index in [0.29, 0.717) is 0 Å². The third-order valence-electron chi connectivity index (χ3n) is 4.43. The second-order valence-corrected chi connectivity index (χ2v) is 6.18. The Morgan fingerprint density at radius 3 is 2.61 bits per heavy atom. The van der Waals surface area contributed by atoms with Gasteiger partial charge < -0.3 is 10.3 Å². The minimum absolute atomic E-state index is 0.754. The van der Waals surface area contributed by atoms with Gasteiger partial charge in [-0.05, 0) is 31.0 Å². The highest BCUT2D eigenvalue weighted by Crippen LogP contribution is 2.30. The number of nitrogens with zero attached hydrogens (tertiary/aromatic N) is 2. The molecule has 2 aromatic carbocycles. The highest BCUT2D eigenvalue weighted by atomic mass is 15.1. The number of imidazole rings is 1. The van der Waals surface area contributed by atoms with E-state index in [2.05, 4.69) is 48.7 Å². The Kier molecular flexibility index (Phi) is 4.65. The highest BCUT2D eigenvalue weighted by molar-refractivity contribution is 5.90. The van der Waals surface area contributed by atoms with Gasteiger partial charge in [0.2, 0.25) is 0 Å². The minimum Gasteiger partial charge on any atom is -0.397 e. The Hall–Kier alpha value is -2.29. The molecule has 0 bridgehead atoms. The van der Waals surface area contributed by atoms with Gasteiger partial charge in [-0.15, -0.1) is 0 Å². The smallest absolute Gasteiger partial charge is 0.141 e. The Labute approximate surface area is 138 Å². The number of unbranched alkanes of at least 4 members (excludes halogenated alkanes) is 3. The van der Waals surface area contributed by atoms with Crippen molar-refractivity contribution >= 4 is 16.7 Å². The minimum atomic E-state index is 0.754. The summed E-state index contributed by atoms with van der Waals surface area (Å²) in [7, 11) is 0. The number of benzene rings is 2. The fraction of sp³-hybridized carbons (Fsp3) is 0.350. The van der Waals surface area contributed by atoms with Gasteiger partial charge in [-0.3, -0.25) is 0 Å². The molecule has 23 heavy (non-hydrogen) atoms. The molecule has 0 saturated carbocycles. The molecule has 0 aliphatic heterocycles. The van der Waals surface area contributed by atoms with Crippen LogP contribution in [0.15, 0.2) is 42.5 Å². The lowest BCUT2D eigenvalue weighted by atomic mass is 10.1. The summed E-state index contributed by atoms with van der Waals surface area (Å²) in [6.07, 6.45) is 4.97. The maximum absolute atomic E-state index is 6.16. The van der Waals surface area contributed by atoms with Crippen molar-refractivity contribution < 1.29 is 0 Å². The lowest BCUT2D eigenvalue weighted by Crippen LogP contribution is -2.02. The molecule has 0 amide bonds. The zero-order valence-corrected chi connectivity index (χ0v) is 14.0. The molecule has 3 heteroatoms. The number of rotatable bonds is 6. The molecule has 0 aliphatic rings. The summed E-state index contributed by atoms with van der Waals surface area (Å²) in [6, 6.07) is 14.5. The molecule has 3 rings (SSSR count). The molecule has 3 aromatic rings. The molecule has 120 valence electrons. The average molecular weight is 307 g/mol. The lowest BCUT2D eigenvalue weighted by Gasteiger charge is -2.11. The number of para-hydroxylation sites is 1. The highest BCUT2D eigenvalue weighted by Gasteiger charge is 2.15. The van der Waals surface area contributed by atoms with Crippen molar-refractivity contribution in [3.63, 3.8) is 0 Å². The number of aromatic nitrogens is 2. The number of hydrogen-bond donors (Lipinski definition) is 1. The quantitative estimate of drug-likeness (QED) is 0.504. The van der Waals surface area contributed by atoms with Crippen LogP contribution < -0.4 is 5.73 Å². The van der Waals surface area contributed by atoms with Crippen LogP contribution in [0.25, 0.3) is 22.4 Å². The van der Waals surface area contributed by atoms with Crippen LogP contribution in [-0.4, -0.2) is 9.55 Å². The Morgan fingerprint density at radius 1 is 1.00 bits per heavy atom. The van der Waals surface area contributed by atoms with Gasteiger partial charge in [0.15, 0.2) is 0 Å². The summed E-state index contributed by atoms with van der Waals surface area (Å²) < 4.78 is 2.34. The summed E-state index contributed by atoms with van der Waals surface area (Å²) in [6.45, 7) is 5.37. The van der Waals surface area contributed by atoms with Crippen LogP contribution in [0.1, 0.15) is 38.2 Å². The molecule has 0 fully saturated rings. The summed E-state index contributed by atoms with van der Waals surface area (Å²) in [4.78, 5) is 4.88. The van der Waals surface area contributed by atoms with Gasteiger partial charge in [0.25, 0.3) is 0 Å². The maximum atomic E-state index is 6.16. The van der Waals surface area contributed by atoms with Gasteiger partial charge in [0, 0.05) is 12.1 Å². The normalized spacial score (nSPS) is 11.2. The van der Waals surface area contributed by atoms with Crippen molar-refractivity contribution in [1.82, 2.24) is 9.55 Å². The fourth-order valence-electron chi connectivity index (χ4n) is 3.12. The van der Waals surface area contributed by atoms with E-state index in [0.717, 1.165) is 29.1 Å². The fourth-order valence-corrected chi connectivity index (χ4v) is 3.12. The van der Waals surface area contributed by atoms with Gasteiger partial charge in [-0.2, -0.15) is 0 Å². The summed E-state index contributed by atoms with van der Waals surface area (Å²) in [5, 5.41) is 0. The predicted octanol–water partition coefficient (Wildman–Crippen LogP) is 5.17. The van der Waals surface area contributed by atoms with Crippen LogP contribution in [0, 0.1) is 6.92 Å². The van der Waals surface area contributed by atoms with Crippen molar-refractivity contribution in [1.29, 1.82) is 0 Å². The second-order valence-electron chi connectivity index (χ2n) is 6.18. The number of anilines is 1. The van der Waals surface area contributed by atoms with Crippen molar-refractivity contribution in [3.8, 4) is 11.4 Å². The number of hydrogen-bond acceptors (Lipinski definition) is 2. The molecule has 0 unspecified atom stereocenters. The molecule has 0 aliphatic carbocycles. The third kappa shape index (κ3) is 3.09. The molecule has 3 nitrogen and oxygen atoms in total. The molecule has 0 saturated heterocycles. The largest absolute Gasteiger partial charge is 0.397 e. The van der Waals surface area contributed by atoms with Crippen molar-refractivity contribution in [2.45, 2.75) is 46.1 Å². The number of nitrogens with two attached hydrogens (primary N) is 1. The third-order valence-corrected chi connectivity index (χ3v) is 4.43. The molecule has 0 atom stereocenters. The summed E-state index contributed by atoms with van der Waals surface area (Å²) in [5.74, 6) is 1.03. The number of fused-ring (bicyclic) bond motifs is 1. The average Bonchev–Trinajstić information content (AvgIpc) is 2.92. The van der Waals surface area contributed by atoms with Crippen molar-refractivity contribution in [2.24, 2.45) is 0 Å². The SMILES string of the molecule is CCCCCCn1c(-c2ccccc2C)nc2c(N)cccc21. The molecule has 0 radical (unpaired) electrons. The second kappa shape index (κ2) is 6.86. The molecular weight excluding hydrogens is 282 g/mol. The van der Waals surface area contributed by atoms with Crippen molar-refractivity contribution in [3.05, 3.63) is 48.0 Å². The van der Waals surface area contributed by atoms with Crippen LogP contribution in [-0.2, 0) is 6.54 Å². The Balaban J connectivity index is 2.08. The van der Waals surface area contributed by atoms with E-state index in [4.69, 9.17) is 10.7 Å². The molecule has 1 heterocycles. The van der Waals surface area contributed by atoms with E-state index in [9.17, 15) is 0 Å². The van der Waals surface area contributed by atoms with Crippen molar-refractivity contribution in [2.75, 3.05) is 5.73 Å². The Bertz CT molecular complexity index is 802. The van der Waals surface area contributed by atoms with Crippen LogP contribution in [0.5, 0.6) is 0 Å². The predicted molar refractivity (Wildman–Crippen MR) is 98.5 cm³/mol. The van der Waals surface area contributed by atoms with Gasteiger partial charge in [-0.1, -0.05) is 56.5 Å². The van der Waals surface area contributed by atoms with Gasteiger partial charge in [0.05, 0.1) is 11.2 Å². The first-order valence-corrected chi connectivity index (χ1v) is 8.53. The Morgan fingerprint density at radius 2 is 1.83 bits per heavy atom. The van der Waals surface area contributed by atoms with E-state index in [-0.39, 0.29) is 0 Å². The van der Waals surface area contributed by atoms with E-state index < -0.39 is 0 Å². The van der Waals surface area contributed by atoms with E-state index >= 15 is 0 Å². The first-order chi connectivity index (χ1) is 11.2. The van der Waals surface area contributed by atoms with Gasteiger partial charge in [0.1, 0.15) is 11.3 Å². The number of nitrogen functional groups attached to an aromatic ring is 1. The van der Waals surface area contributed by atoms with Gasteiger partial charge >= 0.3 is 0 Å². The van der Waals surface area contributed by atoms with E-state index in [1.807, 2.05) is 12.1 Å². The summed E-state index contributed by atoms with van der Waals surface area (Å²) >= 11 is 0. The molecule has 2 N–H and O–H groups in total. The molecule has 1 aromatic heterocycles. The first kappa shape index (κ1) is 15.6. The monoisotopic (exact) mass is 307 g/mol. The van der Waals surface area contributed by atoms with Crippen LogP contribution in [0.4, 0.5) is 5.69 Å². The van der Waals surface area contributed by atoms with Crippen LogP contribution >= 0.6 is 0 Å². The van der Waals surface area contributed by atoms with Gasteiger partial charge in [-0.25, -0.2) is 4.98 Å². The first-order valence-electron chi connectivity index (χ1n) is 8.53. The maximum Gasteiger partial charge on any atom is 0.141 e. The molecular formula is C20H25N3. The standard InChI is InChI=1S/C20H25N3/c1-3-4-5-8-14-23-18-13-9-12-17(21)19(18)22-20(23)16-11-7-6-10-15(16)2/h6-7,9-13H,3-5,8,14,21H2,1-2H3. The zero-order chi connectivity index (χ0) is 16.2. The van der Waals surface area contributed by atoms with Crippen LogP contribution in [0.2, 0.25) is 0 Å². The topological polar surface area (TPSA) is 43.8 Å². The molecule has 0 spiro atoms. The summed E-state index contributed by atoms with van der Waals surface area (Å²) in [5.41, 5.74) is 11.4. The van der Waals surface area contributed by atoms with E-state index in [1.54, 1.807) is 0 Å². The number of aryl methyl sites for hydroxylation is 2.